The van der Waals surface area contributed by atoms with E-state index in [4.69, 9.17) is 10.5 Å². The van der Waals surface area contributed by atoms with Gasteiger partial charge in [0.15, 0.2) is 0 Å². The van der Waals surface area contributed by atoms with Gasteiger partial charge in [0, 0.05) is 18.3 Å². The van der Waals surface area contributed by atoms with Gasteiger partial charge in [-0.25, -0.2) is 9.97 Å². The number of amides is 2. The number of piperidine rings is 1. The third kappa shape index (κ3) is 3.88. The molecule has 10 heteroatoms. The first-order chi connectivity index (χ1) is 14.9. The van der Waals surface area contributed by atoms with Crippen LogP contribution in [0.1, 0.15) is 36.9 Å². The lowest BCUT2D eigenvalue weighted by atomic mass is 9.90. The number of pyridine rings is 2. The molecule has 2 atom stereocenters. The smallest absolute Gasteiger partial charge is 0.314 e. The average molecular weight is 423 g/mol. The lowest BCUT2D eigenvalue weighted by Crippen LogP contribution is -2.46. The van der Waals surface area contributed by atoms with Gasteiger partial charge in [-0.1, -0.05) is 6.92 Å². The van der Waals surface area contributed by atoms with Gasteiger partial charge in [-0.3, -0.25) is 14.7 Å². The van der Waals surface area contributed by atoms with Crippen molar-refractivity contribution in [3.8, 4) is 5.88 Å². The number of nitrogens with two attached hydrogens (primary N) is 1. The quantitative estimate of drug-likeness (QED) is 0.549. The molecular formula is C21H25N7O3. The summed E-state index contributed by atoms with van der Waals surface area (Å²) in [6, 6.07) is 1.73. The van der Waals surface area contributed by atoms with Gasteiger partial charge < -0.3 is 20.7 Å². The molecule has 4 heterocycles. The maximum atomic E-state index is 13.2. The number of hydrogen-bond donors (Lipinski definition) is 3. The van der Waals surface area contributed by atoms with Crippen LogP contribution in [-0.2, 0) is 9.59 Å². The summed E-state index contributed by atoms with van der Waals surface area (Å²) in [5.74, 6) is -0.213. The van der Waals surface area contributed by atoms with Crippen LogP contribution < -0.4 is 15.8 Å². The minimum Gasteiger partial charge on any atom is -0.481 e. The van der Waals surface area contributed by atoms with Crippen LogP contribution in [0.4, 0.5) is 11.5 Å². The molecular weight excluding hydrogens is 398 g/mol. The highest BCUT2D eigenvalue weighted by molar-refractivity contribution is 6.40. The number of anilines is 2. The number of nitrogens with zero attached hydrogens (tertiary/aromatic N) is 4. The summed E-state index contributed by atoms with van der Waals surface area (Å²) in [6.45, 7) is 4.47. The summed E-state index contributed by atoms with van der Waals surface area (Å²) in [6.07, 6.45) is 6.35. The standard InChI is InChI=1S/C21H25N7O3/c1-11-4-5-16(13-6-12(2)20(31-3)24-7-13)28(10-11)21(30)19(29)26-15-9-23-18(22)14-8-25-27-17(14)15/h6-9,11,16H,4-5,10H2,1-3H3,(H2,22,23)(H,25,27)(H,26,29). The molecule has 0 bridgehead atoms. The predicted molar refractivity (Wildman–Crippen MR) is 115 cm³/mol. The minimum absolute atomic E-state index is 0.233. The SMILES string of the molecule is COc1ncc(C2CCC(C)CN2C(=O)C(=O)Nc2cnc(N)c3cn[nH]c23)cc1C. The molecule has 0 spiro atoms. The lowest BCUT2D eigenvalue weighted by Gasteiger charge is -2.38. The van der Waals surface area contributed by atoms with Crippen LogP contribution in [0.3, 0.4) is 0 Å². The summed E-state index contributed by atoms with van der Waals surface area (Å²) in [5, 5.41) is 9.96. The summed E-state index contributed by atoms with van der Waals surface area (Å²) < 4.78 is 5.24. The molecule has 3 aromatic heterocycles. The second-order valence-corrected chi connectivity index (χ2v) is 7.92. The second-order valence-electron chi connectivity index (χ2n) is 7.92. The maximum absolute atomic E-state index is 13.2. The molecule has 1 aliphatic rings. The Morgan fingerprint density at radius 3 is 2.81 bits per heavy atom. The number of hydrogen-bond acceptors (Lipinski definition) is 7. The van der Waals surface area contributed by atoms with E-state index in [1.807, 2.05) is 13.0 Å². The topological polar surface area (TPSA) is 139 Å². The molecule has 1 saturated heterocycles. The summed E-state index contributed by atoms with van der Waals surface area (Å²) in [7, 11) is 1.57. The van der Waals surface area contributed by atoms with Gasteiger partial charge in [-0.15, -0.1) is 0 Å². The largest absolute Gasteiger partial charge is 0.481 e. The molecule has 0 saturated carbocycles. The summed E-state index contributed by atoms with van der Waals surface area (Å²) in [4.78, 5) is 36.1. The number of rotatable bonds is 3. The van der Waals surface area contributed by atoms with E-state index in [1.165, 1.54) is 12.4 Å². The first kappa shape index (κ1) is 20.6. The molecule has 10 nitrogen and oxygen atoms in total. The fourth-order valence-corrected chi connectivity index (χ4v) is 4.06. The number of aryl methyl sites for hydroxylation is 1. The number of ether oxygens (including phenoxy) is 1. The number of H-pyrrole nitrogens is 1. The van der Waals surface area contributed by atoms with Gasteiger partial charge in [-0.05, 0) is 37.3 Å². The van der Waals surface area contributed by atoms with E-state index in [0.29, 0.717) is 34.8 Å². The van der Waals surface area contributed by atoms with Crippen LogP contribution >= 0.6 is 0 Å². The van der Waals surface area contributed by atoms with Crippen molar-refractivity contribution in [1.29, 1.82) is 0 Å². The monoisotopic (exact) mass is 423 g/mol. The Morgan fingerprint density at radius 1 is 1.26 bits per heavy atom. The van der Waals surface area contributed by atoms with Crippen LogP contribution in [0.25, 0.3) is 10.9 Å². The number of aromatic nitrogens is 4. The molecule has 31 heavy (non-hydrogen) atoms. The minimum atomic E-state index is -0.736. The lowest BCUT2D eigenvalue weighted by molar-refractivity contribution is -0.146. The highest BCUT2D eigenvalue weighted by atomic mass is 16.5. The Labute approximate surface area is 179 Å². The number of aromatic amines is 1. The second kappa shape index (κ2) is 8.21. The van der Waals surface area contributed by atoms with Crippen LogP contribution in [0, 0.1) is 12.8 Å². The zero-order valence-corrected chi connectivity index (χ0v) is 17.7. The number of nitrogens with one attached hydrogen (secondary N) is 2. The van der Waals surface area contributed by atoms with Crippen LogP contribution in [-0.4, -0.2) is 50.5 Å². The molecule has 2 unspecified atom stereocenters. The molecule has 1 fully saturated rings. The number of methoxy groups -OCH3 is 1. The molecule has 0 aliphatic carbocycles. The molecule has 4 rings (SSSR count). The van der Waals surface area contributed by atoms with E-state index in [-0.39, 0.29) is 12.0 Å². The predicted octanol–water partition coefficient (Wildman–Crippen LogP) is 2.19. The Kier molecular flexibility index (Phi) is 5.45. The number of fused-ring (bicyclic) bond motifs is 1. The van der Waals surface area contributed by atoms with Crippen LogP contribution in [0.5, 0.6) is 5.88 Å². The molecule has 162 valence electrons. The highest BCUT2D eigenvalue weighted by Gasteiger charge is 2.35. The van der Waals surface area contributed by atoms with Gasteiger partial charge in [0.05, 0.1) is 42.1 Å². The van der Waals surface area contributed by atoms with Crippen molar-refractivity contribution in [3.05, 3.63) is 35.8 Å². The van der Waals surface area contributed by atoms with Crippen molar-refractivity contribution in [2.45, 2.75) is 32.7 Å². The van der Waals surface area contributed by atoms with E-state index >= 15 is 0 Å². The zero-order chi connectivity index (χ0) is 22.1. The van der Waals surface area contributed by atoms with Gasteiger partial charge >= 0.3 is 11.8 Å². The fourth-order valence-electron chi connectivity index (χ4n) is 4.06. The number of likely N-dealkylation sites (tertiary alicyclic amines) is 1. The fraction of sp³-hybridized carbons (Fsp3) is 0.381. The van der Waals surface area contributed by atoms with Gasteiger partial charge in [0.1, 0.15) is 5.82 Å². The van der Waals surface area contributed by atoms with Crippen molar-refractivity contribution >= 4 is 34.2 Å². The van der Waals surface area contributed by atoms with E-state index in [2.05, 4.69) is 32.4 Å². The number of carbonyl (C=O) groups is 2. The van der Waals surface area contributed by atoms with Crippen LogP contribution in [0.15, 0.2) is 24.7 Å². The molecule has 2 amide bonds. The number of nitrogen functional groups attached to an aromatic ring is 1. The Morgan fingerprint density at radius 2 is 2.06 bits per heavy atom. The maximum Gasteiger partial charge on any atom is 0.314 e. The van der Waals surface area contributed by atoms with Crippen molar-refractivity contribution in [2.24, 2.45) is 5.92 Å². The number of carbonyl (C=O) groups excluding carboxylic acids is 2. The molecule has 0 radical (unpaired) electrons. The van der Waals surface area contributed by atoms with Gasteiger partial charge in [0.2, 0.25) is 5.88 Å². The Balaban J connectivity index is 1.59. The third-order valence-electron chi connectivity index (χ3n) is 5.67. The summed E-state index contributed by atoms with van der Waals surface area (Å²) >= 11 is 0. The van der Waals surface area contributed by atoms with Crippen molar-refractivity contribution < 1.29 is 14.3 Å². The van der Waals surface area contributed by atoms with E-state index in [1.54, 1.807) is 18.2 Å². The van der Waals surface area contributed by atoms with E-state index in [0.717, 1.165) is 24.0 Å². The first-order valence-corrected chi connectivity index (χ1v) is 10.1. The van der Waals surface area contributed by atoms with Crippen molar-refractivity contribution in [1.82, 2.24) is 25.1 Å². The van der Waals surface area contributed by atoms with E-state index < -0.39 is 11.8 Å². The Hall–Kier alpha value is -3.69. The first-order valence-electron chi connectivity index (χ1n) is 10.1. The molecule has 4 N–H and O–H groups in total. The van der Waals surface area contributed by atoms with Gasteiger partial charge in [0.25, 0.3) is 0 Å². The van der Waals surface area contributed by atoms with Crippen LogP contribution in [0.2, 0.25) is 0 Å². The average Bonchev–Trinajstić information content (AvgIpc) is 3.26. The van der Waals surface area contributed by atoms with Crippen molar-refractivity contribution in [2.75, 3.05) is 24.7 Å². The van der Waals surface area contributed by atoms with E-state index in [9.17, 15) is 9.59 Å². The molecule has 0 aromatic carbocycles. The Bertz CT molecular complexity index is 1140. The molecule has 3 aromatic rings. The van der Waals surface area contributed by atoms with Gasteiger partial charge in [-0.2, -0.15) is 5.10 Å². The third-order valence-corrected chi connectivity index (χ3v) is 5.67. The molecule has 1 aliphatic heterocycles. The normalized spacial score (nSPS) is 18.7. The van der Waals surface area contributed by atoms with Crippen molar-refractivity contribution in [3.63, 3.8) is 0 Å². The highest BCUT2D eigenvalue weighted by Crippen LogP contribution is 2.34. The summed E-state index contributed by atoms with van der Waals surface area (Å²) in [5.41, 5.74) is 8.47. The zero-order valence-electron chi connectivity index (χ0n) is 17.7.